The number of nitrogens with zero attached hydrogens (tertiary/aromatic N) is 1. The van der Waals surface area contributed by atoms with Crippen molar-refractivity contribution in [2.24, 2.45) is 0 Å². The molecule has 0 heterocycles. The number of hydrogen-bond acceptors (Lipinski definition) is 1. The van der Waals surface area contributed by atoms with E-state index in [4.69, 9.17) is 23.9 Å². The van der Waals surface area contributed by atoms with Crippen molar-refractivity contribution >= 4 is 23.0 Å². The van der Waals surface area contributed by atoms with E-state index in [-0.39, 0.29) is 10.7 Å². The second-order valence-electron chi connectivity index (χ2n) is 2.50. The Kier molecular flexibility index (Phi) is 2.58. The predicted molar refractivity (Wildman–Crippen MR) is 47.1 cm³/mol. The molecule has 0 amide bonds. The van der Waals surface area contributed by atoms with E-state index in [1.165, 1.54) is 0 Å². The summed E-state index contributed by atoms with van der Waals surface area (Å²) in [6.45, 7) is 6.56. The largest absolute Gasteiger partial charge is 0.407 e. The van der Waals surface area contributed by atoms with Crippen LogP contribution in [-0.2, 0) is 6.18 Å². The second-order valence-corrected chi connectivity index (χ2v) is 2.91. The average molecular weight is 221 g/mol. The summed E-state index contributed by atoms with van der Waals surface area (Å²) in [7, 11) is 0. The fourth-order valence-corrected chi connectivity index (χ4v) is 1.06. The van der Waals surface area contributed by atoms with E-state index in [9.17, 15) is 13.2 Å². The highest BCUT2D eigenvalue weighted by Crippen LogP contribution is 2.39. The maximum absolute atomic E-state index is 12.3. The Bertz CT molecular complexity index is 406. The molecule has 14 heavy (non-hydrogen) atoms. The van der Waals surface area contributed by atoms with Gasteiger partial charge in [-0.25, -0.2) is 4.85 Å². The van der Waals surface area contributed by atoms with Gasteiger partial charge < -0.3 is 5.73 Å². The highest BCUT2D eigenvalue weighted by atomic mass is 35.5. The number of rotatable bonds is 0. The normalized spacial score (nSPS) is 11.1. The topological polar surface area (TPSA) is 30.4 Å². The Morgan fingerprint density at radius 3 is 2.36 bits per heavy atom. The number of hydrogen-bond donors (Lipinski definition) is 1. The van der Waals surface area contributed by atoms with E-state index in [1.807, 2.05) is 0 Å². The number of anilines is 1. The van der Waals surface area contributed by atoms with Gasteiger partial charge in [-0.3, -0.25) is 0 Å². The third-order valence-electron chi connectivity index (χ3n) is 1.54. The number of halogens is 4. The first kappa shape index (κ1) is 10.7. The molecule has 1 aromatic rings. The van der Waals surface area contributed by atoms with Gasteiger partial charge in [-0.15, -0.1) is 0 Å². The van der Waals surface area contributed by atoms with Crippen LogP contribution in [0.4, 0.5) is 24.5 Å². The van der Waals surface area contributed by atoms with Crippen molar-refractivity contribution < 1.29 is 13.2 Å². The standard InChI is InChI=1S/C8H4ClF3N2/c1-14-7-3-5(9)6(13)2-4(7)8(10,11)12/h2-3H,13H2. The maximum atomic E-state index is 12.3. The summed E-state index contributed by atoms with van der Waals surface area (Å²) >= 11 is 5.48. The van der Waals surface area contributed by atoms with Crippen molar-refractivity contribution in [3.63, 3.8) is 0 Å². The number of nitrogens with two attached hydrogens (primary N) is 1. The van der Waals surface area contributed by atoms with Gasteiger partial charge in [0.15, 0.2) is 0 Å². The number of benzene rings is 1. The lowest BCUT2D eigenvalue weighted by molar-refractivity contribution is -0.136. The van der Waals surface area contributed by atoms with E-state index >= 15 is 0 Å². The van der Waals surface area contributed by atoms with Crippen LogP contribution in [0.1, 0.15) is 5.56 Å². The minimum Gasteiger partial charge on any atom is -0.398 e. The fraction of sp³-hybridized carbons (Fsp3) is 0.125. The molecule has 2 N–H and O–H groups in total. The molecule has 0 aliphatic heterocycles. The van der Waals surface area contributed by atoms with Crippen molar-refractivity contribution in [2.45, 2.75) is 6.18 Å². The SMILES string of the molecule is [C-]#[N+]c1cc(Cl)c(N)cc1C(F)(F)F. The molecule has 6 heteroatoms. The lowest BCUT2D eigenvalue weighted by Crippen LogP contribution is -2.06. The molecule has 0 aromatic heterocycles. The number of alkyl halides is 3. The van der Waals surface area contributed by atoms with Crippen LogP contribution in [0, 0.1) is 6.57 Å². The molecule has 2 nitrogen and oxygen atoms in total. The summed E-state index contributed by atoms with van der Waals surface area (Å²) in [4.78, 5) is 2.73. The van der Waals surface area contributed by atoms with Crippen molar-refractivity contribution in [1.29, 1.82) is 0 Å². The van der Waals surface area contributed by atoms with Gasteiger partial charge in [0.05, 0.1) is 17.2 Å². The van der Waals surface area contributed by atoms with Gasteiger partial charge in [-0.1, -0.05) is 11.6 Å². The van der Waals surface area contributed by atoms with Crippen LogP contribution in [0.25, 0.3) is 4.85 Å². The fourth-order valence-electron chi connectivity index (χ4n) is 0.899. The summed E-state index contributed by atoms with van der Waals surface area (Å²) in [6, 6.07) is 1.57. The molecule has 0 aliphatic carbocycles. The third kappa shape index (κ3) is 1.91. The van der Waals surface area contributed by atoms with Crippen LogP contribution in [0.3, 0.4) is 0 Å². The first-order valence-electron chi connectivity index (χ1n) is 3.40. The minimum atomic E-state index is -4.58. The lowest BCUT2D eigenvalue weighted by Gasteiger charge is -2.10. The lowest BCUT2D eigenvalue weighted by atomic mass is 10.1. The van der Waals surface area contributed by atoms with Gasteiger partial charge >= 0.3 is 6.18 Å². The maximum Gasteiger partial charge on any atom is 0.407 e. The van der Waals surface area contributed by atoms with E-state index < -0.39 is 17.4 Å². The summed E-state index contributed by atoms with van der Waals surface area (Å²) in [6.07, 6.45) is -4.58. The summed E-state index contributed by atoms with van der Waals surface area (Å²) in [5, 5.41) is -0.0519. The van der Waals surface area contributed by atoms with Crippen LogP contribution in [0.5, 0.6) is 0 Å². The molecule has 0 fully saturated rings. The molecule has 74 valence electrons. The summed E-state index contributed by atoms with van der Waals surface area (Å²) in [5.74, 6) is 0. The van der Waals surface area contributed by atoms with Crippen molar-refractivity contribution in [3.8, 4) is 0 Å². The molecule has 0 atom stereocenters. The van der Waals surface area contributed by atoms with Gasteiger partial charge in [0, 0.05) is 5.69 Å². The second kappa shape index (κ2) is 3.39. The summed E-state index contributed by atoms with van der Waals surface area (Å²) in [5.41, 5.74) is 3.41. The van der Waals surface area contributed by atoms with Crippen molar-refractivity contribution in [3.05, 3.63) is 34.1 Å². The Morgan fingerprint density at radius 1 is 1.36 bits per heavy atom. The molecule has 1 aromatic carbocycles. The number of nitrogen functional groups attached to an aromatic ring is 1. The molecule has 0 radical (unpaired) electrons. The van der Waals surface area contributed by atoms with Crippen LogP contribution < -0.4 is 5.73 Å². The highest BCUT2D eigenvalue weighted by molar-refractivity contribution is 6.33. The first-order chi connectivity index (χ1) is 6.36. The van der Waals surface area contributed by atoms with Gasteiger partial charge in [-0.05, 0) is 12.1 Å². The third-order valence-corrected chi connectivity index (χ3v) is 1.87. The molecule has 0 unspecified atom stereocenters. The quantitative estimate of drug-likeness (QED) is 0.526. The molecule has 0 aliphatic rings. The highest BCUT2D eigenvalue weighted by Gasteiger charge is 2.33. The van der Waals surface area contributed by atoms with Crippen molar-refractivity contribution in [2.75, 3.05) is 5.73 Å². The summed E-state index contributed by atoms with van der Waals surface area (Å²) < 4.78 is 36.9. The molecule has 0 spiro atoms. The Hall–Kier alpha value is -1.41. The van der Waals surface area contributed by atoms with E-state index in [2.05, 4.69) is 4.85 Å². The van der Waals surface area contributed by atoms with Gasteiger partial charge in [-0.2, -0.15) is 13.2 Å². The van der Waals surface area contributed by atoms with Crippen LogP contribution in [-0.4, -0.2) is 0 Å². The van der Waals surface area contributed by atoms with Crippen molar-refractivity contribution in [1.82, 2.24) is 0 Å². The average Bonchev–Trinajstić information content (AvgIpc) is 2.07. The molecule has 0 bridgehead atoms. The zero-order valence-corrected chi connectivity index (χ0v) is 7.45. The smallest absolute Gasteiger partial charge is 0.398 e. The van der Waals surface area contributed by atoms with Gasteiger partial charge in [0.1, 0.15) is 0 Å². The molecule has 0 saturated carbocycles. The van der Waals surface area contributed by atoms with Gasteiger partial charge in [0.25, 0.3) is 0 Å². The first-order valence-corrected chi connectivity index (χ1v) is 3.77. The van der Waals surface area contributed by atoms with Crippen LogP contribution in [0.2, 0.25) is 5.02 Å². The molecular weight excluding hydrogens is 217 g/mol. The Labute approximate surface area is 82.9 Å². The molecule has 1 rings (SSSR count). The molecular formula is C8H4ClF3N2. The van der Waals surface area contributed by atoms with E-state index in [0.717, 1.165) is 6.07 Å². The van der Waals surface area contributed by atoms with Gasteiger partial charge in [0.2, 0.25) is 5.69 Å². The minimum absolute atomic E-state index is 0.0519. The van der Waals surface area contributed by atoms with Crippen LogP contribution >= 0.6 is 11.6 Å². The van der Waals surface area contributed by atoms with E-state index in [0.29, 0.717) is 6.07 Å². The molecule has 0 saturated heterocycles. The van der Waals surface area contributed by atoms with E-state index in [1.54, 1.807) is 0 Å². The zero-order valence-electron chi connectivity index (χ0n) is 6.69. The zero-order chi connectivity index (χ0) is 10.9. The predicted octanol–water partition coefficient (Wildman–Crippen LogP) is 3.49. The monoisotopic (exact) mass is 220 g/mol. The van der Waals surface area contributed by atoms with Crippen LogP contribution in [0.15, 0.2) is 12.1 Å². The Morgan fingerprint density at radius 2 is 1.93 bits per heavy atom. The Balaban J connectivity index is 3.45.